The second-order valence-corrected chi connectivity index (χ2v) is 8.81. The fourth-order valence-electron chi connectivity index (χ4n) is 1.92. The van der Waals surface area contributed by atoms with Crippen LogP contribution in [-0.4, -0.2) is 29.0 Å². The van der Waals surface area contributed by atoms with Crippen LogP contribution in [0.1, 0.15) is 6.92 Å². The molecule has 0 saturated carbocycles. The molecule has 2 N–H and O–H groups in total. The Morgan fingerprint density at radius 2 is 1.50 bits per heavy atom. The molecule has 0 atom stereocenters. The Balaban J connectivity index is 2.27. The number of nitrogens with one attached hydrogen (secondary N) is 2. The zero-order valence-electron chi connectivity index (χ0n) is 13.0. The van der Waals surface area contributed by atoms with Gasteiger partial charge in [0.15, 0.2) is 9.84 Å². The average Bonchev–Trinajstić information content (AvgIpc) is 2.46. The summed E-state index contributed by atoms with van der Waals surface area (Å²) in [5.74, 6) is -0.263. The van der Waals surface area contributed by atoms with Gasteiger partial charge in [-0.15, -0.1) is 0 Å². The highest BCUT2D eigenvalue weighted by atomic mass is 32.2. The molecule has 0 aromatic heterocycles. The number of sulfone groups is 1. The zero-order valence-corrected chi connectivity index (χ0v) is 14.6. The third-order valence-corrected chi connectivity index (χ3v) is 5.51. The molecule has 9 heteroatoms. The van der Waals surface area contributed by atoms with Crippen molar-refractivity contribution in [3.05, 3.63) is 48.5 Å². The summed E-state index contributed by atoms with van der Waals surface area (Å²) >= 11 is 0. The molecule has 24 heavy (non-hydrogen) atoms. The van der Waals surface area contributed by atoms with Crippen molar-refractivity contribution in [1.29, 1.82) is 0 Å². The van der Waals surface area contributed by atoms with E-state index in [0.717, 1.165) is 6.26 Å². The summed E-state index contributed by atoms with van der Waals surface area (Å²) in [7, 11) is -7.32. The third-order valence-electron chi connectivity index (χ3n) is 3.00. The molecule has 0 unspecified atom stereocenters. The lowest BCUT2D eigenvalue weighted by Crippen LogP contribution is -2.13. The standard InChI is InChI=1S/C15H16N2O5S2/c1-11(18)16-12-6-8-14(9-7-12)24(21,22)17-13-4-3-5-15(10-13)23(2,19)20/h3-10,17H,1-2H3,(H,16,18). The number of carbonyl (C=O) groups excluding carboxylic acids is 1. The van der Waals surface area contributed by atoms with Gasteiger partial charge in [-0.05, 0) is 42.5 Å². The number of hydrogen-bond acceptors (Lipinski definition) is 5. The Labute approximate surface area is 140 Å². The highest BCUT2D eigenvalue weighted by Crippen LogP contribution is 2.20. The first kappa shape index (κ1) is 18.0. The van der Waals surface area contributed by atoms with Crippen LogP contribution in [0, 0.1) is 0 Å². The Hall–Kier alpha value is -2.39. The van der Waals surface area contributed by atoms with Crippen LogP contribution >= 0.6 is 0 Å². The summed E-state index contributed by atoms with van der Waals surface area (Å²) in [4.78, 5) is 11.0. The number of amides is 1. The van der Waals surface area contributed by atoms with E-state index < -0.39 is 19.9 Å². The molecule has 128 valence electrons. The van der Waals surface area contributed by atoms with E-state index in [-0.39, 0.29) is 21.4 Å². The fraction of sp³-hybridized carbons (Fsp3) is 0.133. The van der Waals surface area contributed by atoms with Gasteiger partial charge in [0, 0.05) is 18.9 Å². The lowest BCUT2D eigenvalue weighted by Gasteiger charge is -2.10. The van der Waals surface area contributed by atoms with E-state index in [4.69, 9.17) is 0 Å². The molecular weight excluding hydrogens is 352 g/mol. The number of rotatable bonds is 5. The molecule has 0 spiro atoms. The van der Waals surface area contributed by atoms with Gasteiger partial charge >= 0.3 is 0 Å². The maximum absolute atomic E-state index is 12.3. The van der Waals surface area contributed by atoms with Crippen molar-refractivity contribution in [3.8, 4) is 0 Å². The largest absolute Gasteiger partial charge is 0.326 e. The third kappa shape index (κ3) is 4.56. The number of hydrogen-bond donors (Lipinski definition) is 2. The van der Waals surface area contributed by atoms with E-state index >= 15 is 0 Å². The van der Waals surface area contributed by atoms with Crippen molar-refractivity contribution in [2.45, 2.75) is 16.7 Å². The molecular formula is C15H16N2O5S2. The summed E-state index contributed by atoms with van der Waals surface area (Å²) in [5.41, 5.74) is 0.615. The summed E-state index contributed by atoms with van der Waals surface area (Å²) < 4.78 is 50.1. The molecule has 1 amide bonds. The van der Waals surface area contributed by atoms with Gasteiger partial charge in [0.1, 0.15) is 0 Å². The van der Waals surface area contributed by atoms with Crippen molar-refractivity contribution in [2.75, 3.05) is 16.3 Å². The smallest absolute Gasteiger partial charge is 0.261 e. The first-order chi connectivity index (χ1) is 11.1. The van der Waals surface area contributed by atoms with Crippen molar-refractivity contribution in [1.82, 2.24) is 0 Å². The minimum Gasteiger partial charge on any atom is -0.326 e. The van der Waals surface area contributed by atoms with E-state index in [1.807, 2.05) is 0 Å². The molecule has 0 fully saturated rings. The summed E-state index contributed by atoms with van der Waals surface area (Å²) in [6.07, 6.45) is 1.04. The first-order valence-electron chi connectivity index (χ1n) is 6.78. The molecule has 0 bridgehead atoms. The average molecular weight is 368 g/mol. The molecule has 0 saturated heterocycles. The normalized spacial score (nSPS) is 11.8. The van der Waals surface area contributed by atoms with Crippen molar-refractivity contribution in [3.63, 3.8) is 0 Å². The number of benzene rings is 2. The van der Waals surface area contributed by atoms with Crippen LogP contribution in [0.25, 0.3) is 0 Å². The monoisotopic (exact) mass is 368 g/mol. The van der Waals surface area contributed by atoms with E-state index in [2.05, 4.69) is 10.0 Å². The van der Waals surface area contributed by atoms with Crippen LogP contribution in [0.15, 0.2) is 58.3 Å². The zero-order chi connectivity index (χ0) is 18.0. The predicted octanol–water partition coefficient (Wildman–Crippen LogP) is 1.85. The summed E-state index contributed by atoms with van der Waals surface area (Å²) in [5, 5.41) is 2.54. The first-order valence-corrected chi connectivity index (χ1v) is 10.2. The second-order valence-electron chi connectivity index (χ2n) is 5.11. The highest BCUT2D eigenvalue weighted by Gasteiger charge is 2.15. The maximum atomic E-state index is 12.3. The molecule has 7 nitrogen and oxygen atoms in total. The molecule has 2 rings (SSSR count). The van der Waals surface area contributed by atoms with E-state index in [1.165, 1.54) is 55.5 Å². The Bertz CT molecular complexity index is 965. The number of anilines is 2. The van der Waals surface area contributed by atoms with Gasteiger partial charge in [0.2, 0.25) is 5.91 Å². The topological polar surface area (TPSA) is 109 Å². The molecule has 2 aromatic rings. The fourth-order valence-corrected chi connectivity index (χ4v) is 3.64. The molecule has 0 aliphatic carbocycles. The summed E-state index contributed by atoms with van der Waals surface area (Å²) in [6.45, 7) is 1.35. The Morgan fingerprint density at radius 3 is 2.04 bits per heavy atom. The van der Waals surface area contributed by atoms with Crippen molar-refractivity contribution in [2.24, 2.45) is 0 Å². The van der Waals surface area contributed by atoms with Gasteiger partial charge in [0.05, 0.1) is 15.5 Å². The van der Waals surface area contributed by atoms with Crippen LogP contribution in [0.4, 0.5) is 11.4 Å². The number of sulfonamides is 1. The lowest BCUT2D eigenvalue weighted by molar-refractivity contribution is -0.114. The second kappa shape index (κ2) is 6.62. The van der Waals surface area contributed by atoms with Gasteiger partial charge < -0.3 is 5.32 Å². The molecule has 0 radical (unpaired) electrons. The molecule has 0 aliphatic rings. The van der Waals surface area contributed by atoms with Gasteiger partial charge in [-0.1, -0.05) is 6.07 Å². The van der Waals surface area contributed by atoms with Crippen LogP contribution in [0.5, 0.6) is 0 Å². The van der Waals surface area contributed by atoms with Crippen molar-refractivity contribution < 1.29 is 21.6 Å². The SMILES string of the molecule is CC(=O)Nc1ccc(S(=O)(=O)Nc2cccc(S(C)(=O)=O)c2)cc1. The van der Waals surface area contributed by atoms with E-state index in [9.17, 15) is 21.6 Å². The predicted molar refractivity (Wildman–Crippen MR) is 91.1 cm³/mol. The number of carbonyl (C=O) groups is 1. The molecule has 0 heterocycles. The van der Waals surface area contributed by atoms with Crippen LogP contribution < -0.4 is 10.0 Å². The Morgan fingerprint density at radius 1 is 0.875 bits per heavy atom. The lowest BCUT2D eigenvalue weighted by atomic mass is 10.3. The Kier molecular flexibility index (Phi) is 4.95. The quantitative estimate of drug-likeness (QED) is 0.837. The molecule has 2 aromatic carbocycles. The molecule has 0 aliphatic heterocycles. The van der Waals surface area contributed by atoms with Crippen molar-refractivity contribution >= 4 is 37.1 Å². The van der Waals surface area contributed by atoms with Crippen LogP contribution in [-0.2, 0) is 24.7 Å². The maximum Gasteiger partial charge on any atom is 0.261 e. The van der Waals surface area contributed by atoms with E-state index in [0.29, 0.717) is 5.69 Å². The van der Waals surface area contributed by atoms with Crippen LogP contribution in [0.3, 0.4) is 0 Å². The summed E-state index contributed by atoms with van der Waals surface area (Å²) in [6, 6.07) is 11.1. The minimum absolute atomic E-state index is 0.0126. The van der Waals surface area contributed by atoms with E-state index in [1.54, 1.807) is 0 Å². The van der Waals surface area contributed by atoms with Gasteiger partial charge in [-0.2, -0.15) is 0 Å². The van der Waals surface area contributed by atoms with Gasteiger partial charge in [-0.3, -0.25) is 9.52 Å². The van der Waals surface area contributed by atoms with Gasteiger partial charge in [-0.25, -0.2) is 16.8 Å². The van der Waals surface area contributed by atoms with Crippen LogP contribution in [0.2, 0.25) is 0 Å². The highest BCUT2D eigenvalue weighted by molar-refractivity contribution is 7.92. The minimum atomic E-state index is -3.88. The van der Waals surface area contributed by atoms with Gasteiger partial charge in [0.25, 0.3) is 10.0 Å².